The van der Waals surface area contributed by atoms with Crippen LogP contribution in [0.5, 0.6) is 0 Å². The summed E-state index contributed by atoms with van der Waals surface area (Å²) >= 11 is 0. The predicted octanol–water partition coefficient (Wildman–Crippen LogP) is 0.194. The van der Waals surface area contributed by atoms with Crippen molar-refractivity contribution in [2.75, 3.05) is 19.6 Å². The molecule has 2 rings (SSSR count). The zero-order valence-electron chi connectivity index (χ0n) is 8.37. The van der Waals surface area contributed by atoms with E-state index >= 15 is 0 Å². The lowest BCUT2D eigenvalue weighted by atomic mass is 10.1. The molecule has 0 bridgehead atoms. The lowest BCUT2D eigenvalue weighted by molar-refractivity contribution is 0.0544. The monoisotopic (exact) mass is 184 g/mol. The van der Waals surface area contributed by atoms with Gasteiger partial charge in [-0.25, -0.2) is 0 Å². The van der Waals surface area contributed by atoms with Crippen LogP contribution >= 0.6 is 0 Å². The molecule has 76 valence electrons. The van der Waals surface area contributed by atoms with Crippen molar-refractivity contribution in [3.8, 4) is 0 Å². The molecule has 2 aliphatic rings. The second-order valence-electron chi connectivity index (χ2n) is 4.42. The molecule has 0 amide bonds. The summed E-state index contributed by atoms with van der Waals surface area (Å²) in [4.78, 5) is 2.46. The highest BCUT2D eigenvalue weighted by Crippen LogP contribution is 2.24. The third-order valence-corrected chi connectivity index (χ3v) is 3.31. The maximum atomic E-state index is 9.77. The summed E-state index contributed by atoms with van der Waals surface area (Å²) in [5.41, 5.74) is 0. The highest BCUT2D eigenvalue weighted by molar-refractivity contribution is 4.88. The van der Waals surface area contributed by atoms with Gasteiger partial charge in [-0.2, -0.15) is 0 Å². The van der Waals surface area contributed by atoms with Crippen molar-refractivity contribution in [1.29, 1.82) is 0 Å². The van der Waals surface area contributed by atoms with Crippen molar-refractivity contribution in [3.63, 3.8) is 0 Å². The Hall–Kier alpha value is -0.120. The topological polar surface area (TPSA) is 35.5 Å². The fourth-order valence-electron chi connectivity index (χ4n) is 2.61. The van der Waals surface area contributed by atoms with Crippen LogP contribution in [0.25, 0.3) is 0 Å². The zero-order chi connectivity index (χ0) is 9.26. The molecule has 13 heavy (non-hydrogen) atoms. The Bertz CT molecular complexity index is 174. The van der Waals surface area contributed by atoms with Gasteiger partial charge in [-0.05, 0) is 26.2 Å². The summed E-state index contributed by atoms with van der Waals surface area (Å²) in [5.74, 6) is 0. The number of hydrogen-bond acceptors (Lipinski definition) is 3. The number of rotatable bonds is 1. The summed E-state index contributed by atoms with van der Waals surface area (Å²) in [6.07, 6.45) is 3.33. The van der Waals surface area contributed by atoms with Crippen LogP contribution in [0.1, 0.15) is 26.2 Å². The molecule has 0 aromatic carbocycles. The summed E-state index contributed by atoms with van der Waals surface area (Å²) in [6.45, 7) is 5.49. The van der Waals surface area contributed by atoms with Gasteiger partial charge < -0.3 is 10.4 Å². The quantitative estimate of drug-likeness (QED) is 0.611. The fraction of sp³-hybridized carbons (Fsp3) is 1.00. The first-order valence-electron chi connectivity index (χ1n) is 5.43. The molecule has 1 saturated heterocycles. The number of aliphatic hydroxyl groups excluding tert-OH is 1. The van der Waals surface area contributed by atoms with E-state index in [1.807, 2.05) is 0 Å². The molecular formula is C10H20N2O. The molecule has 2 fully saturated rings. The lowest BCUT2D eigenvalue weighted by Crippen LogP contribution is -2.54. The normalized spacial score (nSPS) is 42.5. The first kappa shape index (κ1) is 9.44. The van der Waals surface area contributed by atoms with Crippen molar-refractivity contribution >= 4 is 0 Å². The molecule has 3 nitrogen and oxygen atoms in total. The summed E-state index contributed by atoms with van der Waals surface area (Å²) in [6, 6.07) is 1.03. The van der Waals surface area contributed by atoms with Crippen LogP contribution < -0.4 is 5.32 Å². The molecule has 3 atom stereocenters. The average Bonchev–Trinajstić information content (AvgIpc) is 2.51. The second kappa shape index (κ2) is 3.95. The molecule has 2 N–H and O–H groups in total. The average molecular weight is 184 g/mol. The number of aliphatic hydroxyl groups is 1. The molecule has 3 unspecified atom stereocenters. The van der Waals surface area contributed by atoms with Gasteiger partial charge >= 0.3 is 0 Å². The van der Waals surface area contributed by atoms with E-state index < -0.39 is 0 Å². The van der Waals surface area contributed by atoms with E-state index in [0.29, 0.717) is 12.1 Å². The Labute approximate surface area is 80.1 Å². The summed E-state index contributed by atoms with van der Waals surface area (Å²) in [7, 11) is 0. The van der Waals surface area contributed by atoms with Crippen LogP contribution in [-0.4, -0.2) is 47.8 Å². The first-order chi connectivity index (χ1) is 6.27. The number of piperazine rings is 1. The van der Waals surface area contributed by atoms with Gasteiger partial charge in [0.25, 0.3) is 0 Å². The minimum atomic E-state index is -0.0645. The highest BCUT2D eigenvalue weighted by Gasteiger charge is 2.32. The van der Waals surface area contributed by atoms with Crippen LogP contribution in [0.4, 0.5) is 0 Å². The van der Waals surface area contributed by atoms with Crippen LogP contribution in [0, 0.1) is 0 Å². The van der Waals surface area contributed by atoms with E-state index in [1.54, 1.807) is 0 Å². The van der Waals surface area contributed by atoms with Gasteiger partial charge in [-0.1, -0.05) is 0 Å². The third kappa shape index (κ3) is 2.03. The van der Waals surface area contributed by atoms with Crippen LogP contribution in [0.2, 0.25) is 0 Å². The number of hydrogen-bond donors (Lipinski definition) is 2. The molecule has 1 heterocycles. The van der Waals surface area contributed by atoms with E-state index in [4.69, 9.17) is 0 Å². The molecule has 3 heteroatoms. The lowest BCUT2D eigenvalue weighted by Gasteiger charge is -2.37. The van der Waals surface area contributed by atoms with Crippen molar-refractivity contribution in [1.82, 2.24) is 10.2 Å². The van der Waals surface area contributed by atoms with Crippen molar-refractivity contribution in [3.05, 3.63) is 0 Å². The standard InChI is InChI=1S/C10H20N2O/c1-8-7-12(6-5-11-8)9-3-2-4-10(9)13/h8-11,13H,2-7H2,1H3. The van der Waals surface area contributed by atoms with E-state index in [1.165, 1.54) is 12.8 Å². The summed E-state index contributed by atoms with van der Waals surface area (Å²) < 4.78 is 0. The van der Waals surface area contributed by atoms with Crippen LogP contribution in [0.3, 0.4) is 0 Å². The largest absolute Gasteiger partial charge is 0.391 e. The van der Waals surface area contributed by atoms with E-state index in [2.05, 4.69) is 17.1 Å². The Balaban J connectivity index is 1.91. The number of nitrogens with one attached hydrogen (secondary N) is 1. The van der Waals surface area contributed by atoms with Crippen molar-refractivity contribution in [2.45, 2.75) is 44.4 Å². The second-order valence-corrected chi connectivity index (χ2v) is 4.42. The van der Waals surface area contributed by atoms with E-state index in [-0.39, 0.29) is 6.10 Å². The van der Waals surface area contributed by atoms with Gasteiger partial charge in [0.1, 0.15) is 0 Å². The number of nitrogens with zero attached hydrogens (tertiary/aromatic N) is 1. The van der Waals surface area contributed by atoms with E-state index in [9.17, 15) is 5.11 Å². The van der Waals surface area contributed by atoms with Gasteiger partial charge in [0.05, 0.1) is 6.10 Å². The maximum Gasteiger partial charge on any atom is 0.0695 e. The smallest absolute Gasteiger partial charge is 0.0695 e. The van der Waals surface area contributed by atoms with Gasteiger partial charge in [0.2, 0.25) is 0 Å². The van der Waals surface area contributed by atoms with Crippen molar-refractivity contribution < 1.29 is 5.11 Å². The molecule has 1 aliphatic heterocycles. The molecule has 0 radical (unpaired) electrons. The van der Waals surface area contributed by atoms with Gasteiger partial charge in [0, 0.05) is 31.7 Å². The summed E-state index contributed by atoms with van der Waals surface area (Å²) in [5, 5.41) is 13.2. The Morgan fingerprint density at radius 3 is 2.85 bits per heavy atom. The Morgan fingerprint density at radius 2 is 2.23 bits per heavy atom. The minimum absolute atomic E-state index is 0.0645. The predicted molar refractivity (Wildman–Crippen MR) is 52.7 cm³/mol. The van der Waals surface area contributed by atoms with Gasteiger partial charge in [-0.3, -0.25) is 4.90 Å². The zero-order valence-corrected chi connectivity index (χ0v) is 8.37. The first-order valence-corrected chi connectivity index (χ1v) is 5.43. The highest BCUT2D eigenvalue weighted by atomic mass is 16.3. The fourth-order valence-corrected chi connectivity index (χ4v) is 2.61. The Kier molecular flexibility index (Phi) is 2.86. The molecule has 1 aliphatic carbocycles. The third-order valence-electron chi connectivity index (χ3n) is 3.31. The van der Waals surface area contributed by atoms with E-state index in [0.717, 1.165) is 26.1 Å². The van der Waals surface area contributed by atoms with Crippen LogP contribution in [0.15, 0.2) is 0 Å². The van der Waals surface area contributed by atoms with Crippen LogP contribution in [-0.2, 0) is 0 Å². The maximum absolute atomic E-state index is 9.77. The molecule has 1 saturated carbocycles. The Morgan fingerprint density at radius 1 is 1.38 bits per heavy atom. The van der Waals surface area contributed by atoms with Crippen molar-refractivity contribution in [2.24, 2.45) is 0 Å². The SMILES string of the molecule is CC1CN(C2CCCC2O)CCN1. The minimum Gasteiger partial charge on any atom is -0.391 e. The van der Waals surface area contributed by atoms with Gasteiger partial charge in [0.15, 0.2) is 0 Å². The van der Waals surface area contributed by atoms with Gasteiger partial charge in [-0.15, -0.1) is 0 Å². The molecule has 0 aromatic rings. The molecule has 0 aromatic heterocycles. The molecule has 0 spiro atoms. The molecular weight excluding hydrogens is 164 g/mol.